The van der Waals surface area contributed by atoms with Crippen LogP contribution < -0.4 is 20.1 Å². The third kappa shape index (κ3) is 10.1. The number of amides is 1. The van der Waals surface area contributed by atoms with Gasteiger partial charge in [-0.25, -0.2) is 23.3 Å². The van der Waals surface area contributed by atoms with Crippen LogP contribution in [0.1, 0.15) is 6.42 Å². The summed E-state index contributed by atoms with van der Waals surface area (Å²) in [6, 6.07) is 6.95. The topological polar surface area (TPSA) is 182 Å². The Bertz CT molecular complexity index is 1670. The summed E-state index contributed by atoms with van der Waals surface area (Å²) < 4.78 is 60.8. The molecule has 4 N–H and O–H groups in total. The van der Waals surface area contributed by atoms with E-state index in [9.17, 15) is 18.1 Å². The molecule has 0 aliphatic carbocycles. The number of halogens is 2. The van der Waals surface area contributed by atoms with Gasteiger partial charge in [-0.2, -0.15) is 5.10 Å². The third-order valence-corrected chi connectivity index (χ3v) is 7.02. The number of methoxy groups -OCH3 is 2. The summed E-state index contributed by atoms with van der Waals surface area (Å²) in [5.41, 5.74) is 0.803. The zero-order chi connectivity index (χ0) is 33.1. The Hall–Kier alpha value is -4.25. The van der Waals surface area contributed by atoms with Crippen LogP contribution >= 0.6 is 7.82 Å². The van der Waals surface area contributed by atoms with E-state index < -0.39 is 25.4 Å². The molecule has 0 bridgehead atoms. The van der Waals surface area contributed by atoms with Crippen molar-refractivity contribution >= 4 is 41.8 Å². The van der Waals surface area contributed by atoms with Crippen molar-refractivity contribution in [1.29, 1.82) is 0 Å². The lowest BCUT2D eigenvalue weighted by molar-refractivity contribution is -0.116. The number of rotatable bonds is 18. The number of carbonyl (C=O) groups excluding carboxylic acids is 1. The number of benzene rings is 2. The summed E-state index contributed by atoms with van der Waals surface area (Å²) in [7, 11) is -1.47. The number of ether oxygens (including phenoxy) is 3. The first kappa shape index (κ1) is 34.6. The van der Waals surface area contributed by atoms with E-state index in [4.69, 9.17) is 24.0 Å². The van der Waals surface area contributed by atoms with E-state index in [1.807, 2.05) is 4.90 Å². The van der Waals surface area contributed by atoms with E-state index in [1.165, 1.54) is 36.4 Å². The quantitative estimate of drug-likeness (QED) is 0.0898. The molecular formula is C28H34F2N7O8P. The zero-order valence-electron chi connectivity index (χ0n) is 25.1. The van der Waals surface area contributed by atoms with Gasteiger partial charge in [0.2, 0.25) is 5.91 Å². The van der Waals surface area contributed by atoms with Crippen molar-refractivity contribution in [3.05, 3.63) is 60.7 Å². The summed E-state index contributed by atoms with van der Waals surface area (Å²) in [6.07, 6.45) is 5.00. The second kappa shape index (κ2) is 16.4. The number of fused-ring (bicyclic) bond motifs is 1. The van der Waals surface area contributed by atoms with Gasteiger partial charge in [-0.1, -0.05) is 6.07 Å². The van der Waals surface area contributed by atoms with Gasteiger partial charge >= 0.3 is 7.82 Å². The number of hydrogen-bond acceptors (Lipinski definition) is 11. The van der Waals surface area contributed by atoms with Gasteiger partial charge in [0.25, 0.3) is 0 Å². The van der Waals surface area contributed by atoms with Crippen LogP contribution in [0.2, 0.25) is 0 Å². The van der Waals surface area contributed by atoms with Gasteiger partial charge in [0, 0.05) is 44.4 Å². The molecule has 1 amide bonds. The molecule has 0 saturated carbocycles. The summed E-state index contributed by atoms with van der Waals surface area (Å²) in [5, 5.41) is 10.2. The van der Waals surface area contributed by atoms with Gasteiger partial charge in [0.05, 0.1) is 50.0 Å². The van der Waals surface area contributed by atoms with E-state index in [-0.39, 0.29) is 18.8 Å². The first-order chi connectivity index (χ1) is 22.1. The normalized spacial score (nSPS) is 11.6. The number of carbonyl (C=O) groups is 1. The Kier molecular flexibility index (Phi) is 12.3. The Morgan fingerprint density at radius 1 is 1.07 bits per heavy atom. The van der Waals surface area contributed by atoms with Crippen LogP contribution in [0.3, 0.4) is 0 Å². The van der Waals surface area contributed by atoms with Crippen molar-refractivity contribution in [2.24, 2.45) is 0 Å². The van der Waals surface area contributed by atoms with Crippen molar-refractivity contribution < 1.29 is 46.7 Å². The predicted molar refractivity (Wildman–Crippen MR) is 163 cm³/mol. The smallest absolute Gasteiger partial charge is 0.469 e. The number of hydrogen-bond donors (Lipinski definition) is 4. The maximum atomic E-state index is 13.9. The Morgan fingerprint density at radius 3 is 2.63 bits per heavy atom. The number of anilines is 3. The second-order valence-electron chi connectivity index (χ2n) is 9.80. The molecule has 0 unspecified atom stereocenters. The fourth-order valence-corrected chi connectivity index (χ4v) is 4.66. The van der Waals surface area contributed by atoms with Crippen molar-refractivity contribution in [3.8, 4) is 11.5 Å². The van der Waals surface area contributed by atoms with Crippen LogP contribution in [0.25, 0.3) is 10.9 Å². The average molecular weight is 666 g/mol. The SMILES string of the molecule is COCCN(CCCOc1cc2ncnc(Nc3cnn(CC(=O)Nc4cccc(F)c4F)c3)c2cc1OC)CCOP(=O)(O)O. The molecule has 0 saturated heterocycles. The largest absolute Gasteiger partial charge is 0.493 e. The van der Waals surface area contributed by atoms with Crippen LogP contribution in [-0.2, 0) is 25.2 Å². The molecule has 248 valence electrons. The van der Waals surface area contributed by atoms with E-state index in [0.29, 0.717) is 73.2 Å². The van der Waals surface area contributed by atoms with E-state index in [2.05, 4.69) is 30.2 Å². The molecule has 18 heteroatoms. The van der Waals surface area contributed by atoms with Crippen LogP contribution in [-0.4, -0.2) is 94.0 Å². The minimum absolute atomic E-state index is 0.128. The molecule has 0 aliphatic heterocycles. The summed E-state index contributed by atoms with van der Waals surface area (Å²) in [4.78, 5) is 40.8. The van der Waals surface area contributed by atoms with Crippen molar-refractivity contribution in [2.45, 2.75) is 13.0 Å². The number of phosphoric acid groups is 1. The van der Waals surface area contributed by atoms with Gasteiger partial charge in [0.1, 0.15) is 18.7 Å². The Balaban J connectivity index is 1.36. The number of nitrogens with one attached hydrogen (secondary N) is 2. The molecule has 0 atom stereocenters. The van der Waals surface area contributed by atoms with Gasteiger partial charge in [-0.15, -0.1) is 0 Å². The average Bonchev–Trinajstić information content (AvgIpc) is 3.45. The Morgan fingerprint density at radius 2 is 1.87 bits per heavy atom. The van der Waals surface area contributed by atoms with Crippen LogP contribution in [0.4, 0.5) is 26.0 Å². The van der Waals surface area contributed by atoms with Gasteiger partial charge in [-0.05, 0) is 24.6 Å². The van der Waals surface area contributed by atoms with Crippen LogP contribution in [0.15, 0.2) is 49.1 Å². The van der Waals surface area contributed by atoms with E-state index >= 15 is 0 Å². The maximum Gasteiger partial charge on any atom is 0.469 e. The highest BCUT2D eigenvalue weighted by molar-refractivity contribution is 7.46. The minimum atomic E-state index is -4.54. The first-order valence-corrected chi connectivity index (χ1v) is 15.5. The molecule has 4 rings (SSSR count). The zero-order valence-corrected chi connectivity index (χ0v) is 26.0. The molecule has 15 nitrogen and oxygen atoms in total. The predicted octanol–water partition coefficient (Wildman–Crippen LogP) is 3.32. The number of nitrogens with zero attached hydrogens (tertiary/aromatic N) is 5. The molecule has 0 fully saturated rings. The summed E-state index contributed by atoms with van der Waals surface area (Å²) >= 11 is 0. The fraction of sp³-hybridized carbons (Fsp3) is 0.357. The van der Waals surface area contributed by atoms with E-state index in [0.717, 1.165) is 6.07 Å². The van der Waals surface area contributed by atoms with Crippen molar-refractivity contribution in [2.75, 3.05) is 64.3 Å². The molecule has 2 aromatic heterocycles. The minimum Gasteiger partial charge on any atom is -0.493 e. The Labute approximate surface area is 262 Å². The van der Waals surface area contributed by atoms with Gasteiger partial charge in [-0.3, -0.25) is 18.9 Å². The molecular weight excluding hydrogens is 631 g/mol. The number of phosphoric ester groups is 1. The second-order valence-corrected chi connectivity index (χ2v) is 11.0. The van der Waals surface area contributed by atoms with Crippen molar-refractivity contribution in [3.63, 3.8) is 0 Å². The molecule has 2 heterocycles. The molecule has 0 spiro atoms. The maximum absolute atomic E-state index is 13.9. The van der Waals surface area contributed by atoms with E-state index in [1.54, 1.807) is 25.4 Å². The lowest BCUT2D eigenvalue weighted by Crippen LogP contribution is -2.32. The first-order valence-electron chi connectivity index (χ1n) is 14.0. The van der Waals surface area contributed by atoms with Gasteiger partial charge in [0.15, 0.2) is 23.1 Å². The van der Waals surface area contributed by atoms with Gasteiger partial charge < -0.3 is 34.6 Å². The highest BCUT2D eigenvalue weighted by Crippen LogP contribution is 2.36. The lowest BCUT2D eigenvalue weighted by atomic mass is 10.2. The summed E-state index contributed by atoms with van der Waals surface area (Å²) in [6.45, 7) is 1.81. The van der Waals surface area contributed by atoms with Crippen LogP contribution in [0.5, 0.6) is 11.5 Å². The lowest BCUT2D eigenvalue weighted by Gasteiger charge is -2.22. The number of aromatic nitrogens is 4. The monoisotopic (exact) mass is 665 g/mol. The summed E-state index contributed by atoms with van der Waals surface area (Å²) in [5.74, 6) is -1.47. The third-order valence-electron chi connectivity index (χ3n) is 6.50. The standard InChI is InChI=1S/C28H34F2N7O8P/c1-42-11-8-36(9-12-45-46(39,40)41)7-4-10-44-25-14-23-20(13-24(25)43-2)28(32-18-31-23)34-19-15-33-37(16-19)17-26(38)35-22-6-3-5-21(29)27(22)30/h3,5-6,13-16,18H,4,7-12,17H2,1-2H3,(H,35,38)(H,31,32,34)(H2,39,40,41). The molecule has 2 aromatic carbocycles. The van der Waals surface area contributed by atoms with Crippen LogP contribution in [0, 0.1) is 11.6 Å². The molecule has 46 heavy (non-hydrogen) atoms. The fourth-order valence-electron chi connectivity index (χ4n) is 4.34. The highest BCUT2D eigenvalue weighted by Gasteiger charge is 2.16. The molecule has 0 radical (unpaired) electrons. The van der Waals surface area contributed by atoms with Crippen molar-refractivity contribution in [1.82, 2.24) is 24.6 Å². The molecule has 0 aliphatic rings. The molecule has 4 aromatic rings. The highest BCUT2D eigenvalue weighted by atomic mass is 31.2.